The Bertz CT molecular complexity index is 4760. The normalized spacial score (nSPS) is 12.7. The van der Waals surface area contributed by atoms with Crippen molar-refractivity contribution < 1.29 is 0 Å². The van der Waals surface area contributed by atoms with Crippen molar-refractivity contribution >= 4 is 122 Å². The number of hydrogen-bond donors (Lipinski definition) is 0. The molecule has 370 valence electrons. The summed E-state index contributed by atoms with van der Waals surface area (Å²) in [7, 11) is 0. The largest absolute Gasteiger partial charge is 0.311 e. The highest BCUT2D eigenvalue weighted by atomic mass is 15.2. The number of aromatic nitrogens is 1. The molecule has 3 heterocycles. The van der Waals surface area contributed by atoms with Gasteiger partial charge in [0.2, 0.25) is 0 Å². The van der Waals surface area contributed by atoms with E-state index in [1.165, 1.54) is 126 Å². The van der Waals surface area contributed by atoms with Crippen molar-refractivity contribution in [2.75, 3.05) is 9.80 Å². The van der Waals surface area contributed by atoms with E-state index >= 15 is 0 Å². The molecule has 0 atom stereocenters. The Hall–Kier alpha value is -10.4. The molecule has 0 fully saturated rings. The minimum absolute atomic E-state index is 0.103. The van der Waals surface area contributed by atoms with Crippen LogP contribution in [0.4, 0.5) is 34.1 Å². The Labute approximate surface area is 464 Å². The molecule has 0 radical (unpaired) electrons. The summed E-state index contributed by atoms with van der Waals surface area (Å²) in [5.41, 5.74) is 21.4. The molecular formula is C76H48BN3. The molecule has 3 nitrogen and oxygen atoms in total. The zero-order valence-corrected chi connectivity index (χ0v) is 43.6. The van der Waals surface area contributed by atoms with Gasteiger partial charge in [-0.05, 0) is 190 Å². The maximum absolute atomic E-state index is 2.58. The van der Waals surface area contributed by atoms with E-state index in [2.05, 4.69) is 306 Å². The van der Waals surface area contributed by atoms with Crippen molar-refractivity contribution in [1.29, 1.82) is 0 Å². The summed E-state index contributed by atoms with van der Waals surface area (Å²) in [6.45, 7) is -0.103. The molecule has 0 unspecified atom stereocenters. The Morgan fingerprint density at radius 1 is 0.225 bits per heavy atom. The molecule has 2 aliphatic rings. The fourth-order valence-corrected chi connectivity index (χ4v) is 13.5. The van der Waals surface area contributed by atoms with E-state index < -0.39 is 0 Å². The van der Waals surface area contributed by atoms with Crippen LogP contribution in [0.1, 0.15) is 0 Å². The fourth-order valence-electron chi connectivity index (χ4n) is 13.5. The van der Waals surface area contributed by atoms with Gasteiger partial charge in [-0.3, -0.25) is 0 Å². The van der Waals surface area contributed by atoms with Gasteiger partial charge in [0.1, 0.15) is 0 Å². The van der Waals surface area contributed by atoms with Crippen LogP contribution in [-0.4, -0.2) is 11.3 Å². The minimum Gasteiger partial charge on any atom is -0.311 e. The summed E-state index contributed by atoms with van der Waals surface area (Å²) >= 11 is 0. The number of hydrogen-bond acceptors (Lipinski definition) is 2. The van der Waals surface area contributed by atoms with Crippen LogP contribution < -0.4 is 26.2 Å². The van der Waals surface area contributed by atoms with Crippen LogP contribution >= 0.6 is 0 Å². The molecule has 0 N–H and O–H groups in total. The average Bonchev–Trinajstić information content (AvgIpc) is 3.97. The van der Waals surface area contributed by atoms with Gasteiger partial charge in [0, 0.05) is 50.6 Å². The number of nitrogens with zero attached hydrogens (tertiary/aromatic N) is 3. The minimum atomic E-state index is -0.103. The molecule has 0 amide bonds. The van der Waals surface area contributed by atoms with Crippen LogP contribution in [0.25, 0.3) is 104 Å². The highest BCUT2D eigenvalue weighted by Gasteiger charge is 2.44. The van der Waals surface area contributed by atoms with Gasteiger partial charge < -0.3 is 14.4 Å². The van der Waals surface area contributed by atoms with E-state index in [-0.39, 0.29) is 6.71 Å². The molecule has 80 heavy (non-hydrogen) atoms. The molecular weight excluding hydrogens is 966 g/mol. The first-order valence-corrected chi connectivity index (χ1v) is 27.7. The second-order valence-electron chi connectivity index (χ2n) is 21.7. The van der Waals surface area contributed by atoms with Crippen molar-refractivity contribution in [1.82, 2.24) is 4.57 Å². The molecule has 0 aliphatic carbocycles. The van der Waals surface area contributed by atoms with E-state index in [0.29, 0.717) is 0 Å². The van der Waals surface area contributed by atoms with E-state index in [0.717, 1.165) is 28.2 Å². The lowest BCUT2D eigenvalue weighted by Crippen LogP contribution is -2.61. The molecule has 2 aliphatic heterocycles. The molecule has 15 aromatic rings. The van der Waals surface area contributed by atoms with Crippen LogP contribution in [0.3, 0.4) is 0 Å². The zero-order valence-electron chi connectivity index (χ0n) is 43.6. The van der Waals surface area contributed by atoms with Crippen LogP contribution in [0.2, 0.25) is 0 Å². The van der Waals surface area contributed by atoms with Gasteiger partial charge in [0.15, 0.2) is 0 Å². The smallest absolute Gasteiger partial charge is 0.252 e. The Morgan fingerprint density at radius 3 is 1.12 bits per heavy atom. The predicted octanol–water partition coefficient (Wildman–Crippen LogP) is 18.5. The molecule has 17 rings (SSSR count). The summed E-state index contributed by atoms with van der Waals surface area (Å²) in [6, 6.07) is 109. The average molecular weight is 1010 g/mol. The highest BCUT2D eigenvalue weighted by molar-refractivity contribution is 7.00. The summed E-state index contributed by atoms with van der Waals surface area (Å²) in [5, 5.41) is 12.3. The Balaban J connectivity index is 0.988. The van der Waals surface area contributed by atoms with Gasteiger partial charge in [-0.15, -0.1) is 0 Å². The Kier molecular flexibility index (Phi) is 9.81. The molecule has 4 heteroatoms. The van der Waals surface area contributed by atoms with E-state index in [4.69, 9.17) is 0 Å². The number of anilines is 6. The van der Waals surface area contributed by atoms with Crippen molar-refractivity contribution in [2.24, 2.45) is 0 Å². The van der Waals surface area contributed by atoms with Gasteiger partial charge in [-0.2, -0.15) is 0 Å². The van der Waals surface area contributed by atoms with E-state index in [9.17, 15) is 0 Å². The molecule has 14 aromatic carbocycles. The van der Waals surface area contributed by atoms with Gasteiger partial charge in [0.05, 0.1) is 11.0 Å². The molecule has 1 aromatic heterocycles. The third kappa shape index (κ3) is 6.95. The lowest BCUT2D eigenvalue weighted by Gasteiger charge is -2.44. The van der Waals surface area contributed by atoms with Crippen LogP contribution in [-0.2, 0) is 0 Å². The third-order valence-corrected chi connectivity index (χ3v) is 17.2. The number of fused-ring (bicyclic) bond motifs is 11. The first-order chi connectivity index (χ1) is 39.6. The third-order valence-electron chi connectivity index (χ3n) is 17.2. The van der Waals surface area contributed by atoms with Crippen LogP contribution in [0, 0.1) is 0 Å². The van der Waals surface area contributed by atoms with Crippen molar-refractivity contribution in [3.8, 4) is 39.1 Å². The van der Waals surface area contributed by atoms with Crippen LogP contribution in [0.15, 0.2) is 291 Å². The van der Waals surface area contributed by atoms with Crippen molar-refractivity contribution in [3.63, 3.8) is 0 Å². The summed E-state index contributed by atoms with van der Waals surface area (Å²) < 4.78 is 2.43. The summed E-state index contributed by atoms with van der Waals surface area (Å²) in [6.07, 6.45) is 0. The van der Waals surface area contributed by atoms with Crippen molar-refractivity contribution in [3.05, 3.63) is 291 Å². The van der Waals surface area contributed by atoms with Crippen LogP contribution in [0.5, 0.6) is 0 Å². The van der Waals surface area contributed by atoms with E-state index in [1.807, 2.05) is 0 Å². The number of benzene rings is 14. The highest BCUT2D eigenvalue weighted by Crippen LogP contribution is 2.49. The topological polar surface area (TPSA) is 11.4 Å². The molecule has 0 saturated heterocycles. The van der Waals surface area contributed by atoms with Gasteiger partial charge in [-0.25, -0.2) is 0 Å². The first-order valence-electron chi connectivity index (χ1n) is 27.7. The second-order valence-corrected chi connectivity index (χ2v) is 21.7. The van der Waals surface area contributed by atoms with Gasteiger partial charge >= 0.3 is 0 Å². The SMILES string of the molecule is c1ccc(-c2ccc(N3c4cc5cc6ccccc6cc5cc4B4c5cc6cc7ccccc7cc6cc5N(c5ccc(-c6ccccc6)cc5)c5cc(-c6ccc7c8ccccc8n(-c8ccccc8)c7c6)cc3c54)cc2)cc1. The number of rotatable bonds is 6. The number of para-hydroxylation sites is 2. The lowest BCUT2D eigenvalue weighted by atomic mass is 9.33. The molecule has 0 saturated carbocycles. The maximum Gasteiger partial charge on any atom is 0.252 e. The maximum atomic E-state index is 2.58. The summed E-state index contributed by atoms with van der Waals surface area (Å²) in [4.78, 5) is 5.15. The zero-order chi connectivity index (χ0) is 52.4. The standard InChI is InChI=1S/C76H48BN3/c1-4-16-49(17-5-1)51-28-33-64(34-29-51)79-72-45-60-40-55-22-12-10-20-53(55)38-58(60)42-68(72)77-69-43-59-39-54-21-11-13-23-56(54)41-61(59)46-73(69)80(65-35-30-52(31-36-65)50-18-6-2-7-19-50)75-48-62(47-74(79)76(75)77)57-32-37-67-66-26-14-15-27-70(66)78(71(67)44-57)63-24-8-3-9-25-63/h1-48H. The Morgan fingerprint density at radius 2 is 0.625 bits per heavy atom. The van der Waals surface area contributed by atoms with E-state index in [1.54, 1.807) is 0 Å². The summed E-state index contributed by atoms with van der Waals surface area (Å²) in [5.74, 6) is 0. The van der Waals surface area contributed by atoms with Gasteiger partial charge in [0.25, 0.3) is 6.71 Å². The molecule has 0 spiro atoms. The lowest BCUT2D eigenvalue weighted by molar-refractivity contribution is 1.18. The van der Waals surface area contributed by atoms with Gasteiger partial charge in [-0.1, -0.05) is 194 Å². The van der Waals surface area contributed by atoms with Crippen molar-refractivity contribution in [2.45, 2.75) is 0 Å². The first kappa shape index (κ1) is 44.7. The monoisotopic (exact) mass is 1010 g/mol. The second kappa shape index (κ2) is 17.6. The quantitative estimate of drug-likeness (QED) is 0.121. The molecule has 0 bridgehead atoms. The fraction of sp³-hybridized carbons (Fsp3) is 0. The predicted molar refractivity (Wildman–Crippen MR) is 341 cm³/mol.